The van der Waals surface area contributed by atoms with Crippen molar-refractivity contribution in [1.82, 2.24) is 4.90 Å². The van der Waals surface area contributed by atoms with Crippen LogP contribution >= 0.6 is 0 Å². The van der Waals surface area contributed by atoms with Crippen molar-refractivity contribution in [2.75, 3.05) is 19.5 Å². The van der Waals surface area contributed by atoms with Crippen molar-refractivity contribution in [2.45, 2.75) is 38.1 Å². The van der Waals surface area contributed by atoms with Gasteiger partial charge in [-0.3, -0.25) is 4.79 Å². The minimum atomic E-state index is -0.222. The molecule has 0 bridgehead atoms. The molecule has 5 heteroatoms. The molecule has 0 spiro atoms. The highest BCUT2D eigenvalue weighted by molar-refractivity contribution is 5.97. The molecule has 0 aliphatic heterocycles. The third-order valence-corrected chi connectivity index (χ3v) is 4.27. The maximum Gasteiger partial charge on any atom is 0.266 e. The van der Waals surface area contributed by atoms with Crippen molar-refractivity contribution in [3.63, 3.8) is 0 Å². The molecular weight excluding hydrogens is 290 g/mol. The maximum absolute atomic E-state index is 12.5. The van der Waals surface area contributed by atoms with Gasteiger partial charge in [-0.15, -0.1) is 0 Å². The van der Waals surface area contributed by atoms with Crippen molar-refractivity contribution in [2.24, 2.45) is 0 Å². The normalized spacial score (nSPS) is 15.6. The number of amides is 1. The molecule has 1 amide bonds. The number of ether oxygens (including phenoxy) is 1. The standard InChI is InChI=1S/C18H23N3O2/c1-21(16-6-4-3-5-7-16)18(22)14(12-19)13-20-15-8-10-17(23-2)11-9-15/h8-11,13,16,20H,3-7H2,1-2H3/b14-13-. The first-order valence-electron chi connectivity index (χ1n) is 7.93. The molecule has 1 fully saturated rings. The molecule has 2 rings (SSSR count). The Hall–Kier alpha value is -2.48. The summed E-state index contributed by atoms with van der Waals surface area (Å²) in [6.45, 7) is 0. The fraction of sp³-hybridized carbons (Fsp3) is 0.444. The van der Waals surface area contributed by atoms with Gasteiger partial charge in [-0.05, 0) is 37.1 Å². The van der Waals surface area contributed by atoms with Gasteiger partial charge < -0.3 is 15.0 Å². The molecule has 1 aliphatic rings. The van der Waals surface area contributed by atoms with E-state index < -0.39 is 0 Å². The van der Waals surface area contributed by atoms with Crippen molar-refractivity contribution in [3.8, 4) is 11.8 Å². The second kappa shape index (κ2) is 8.23. The highest BCUT2D eigenvalue weighted by atomic mass is 16.5. The highest BCUT2D eigenvalue weighted by Gasteiger charge is 2.24. The Balaban J connectivity index is 2.01. The molecule has 5 nitrogen and oxygen atoms in total. The van der Waals surface area contributed by atoms with E-state index in [0.717, 1.165) is 37.1 Å². The van der Waals surface area contributed by atoms with Crippen LogP contribution in [0.25, 0.3) is 0 Å². The van der Waals surface area contributed by atoms with Crippen LogP contribution in [-0.2, 0) is 4.79 Å². The molecule has 1 aliphatic carbocycles. The lowest BCUT2D eigenvalue weighted by molar-refractivity contribution is -0.128. The van der Waals surface area contributed by atoms with Crippen molar-refractivity contribution in [3.05, 3.63) is 36.0 Å². The number of carbonyl (C=O) groups excluding carboxylic acids is 1. The molecule has 0 heterocycles. The fourth-order valence-corrected chi connectivity index (χ4v) is 2.81. The summed E-state index contributed by atoms with van der Waals surface area (Å²) < 4.78 is 5.10. The number of anilines is 1. The van der Waals surface area contributed by atoms with E-state index in [2.05, 4.69) is 5.32 Å². The van der Waals surface area contributed by atoms with Crippen LogP contribution in [0.4, 0.5) is 5.69 Å². The number of nitriles is 1. The summed E-state index contributed by atoms with van der Waals surface area (Å²) in [5.41, 5.74) is 0.917. The molecule has 1 saturated carbocycles. The Morgan fingerprint density at radius 2 is 1.96 bits per heavy atom. The first-order valence-corrected chi connectivity index (χ1v) is 7.93. The topological polar surface area (TPSA) is 65.4 Å². The van der Waals surface area contributed by atoms with Crippen LogP contribution in [0.15, 0.2) is 36.0 Å². The maximum atomic E-state index is 12.5. The third kappa shape index (κ3) is 4.49. The minimum Gasteiger partial charge on any atom is -0.497 e. The molecule has 1 aromatic carbocycles. The number of nitrogens with one attached hydrogen (secondary N) is 1. The zero-order chi connectivity index (χ0) is 16.7. The third-order valence-electron chi connectivity index (χ3n) is 4.27. The van der Waals surface area contributed by atoms with Crippen LogP contribution in [0.3, 0.4) is 0 Å². The molecule has 0 unspecified atom stereocenters. The summed E-state index contributed by atoms with van der Waals surface area (Å²) >= 11 is 0. The summed E-state index contributed by atoms with van der Waals surface area (Å²) in [4.78, 5) is 14.2. The Morgan fingerprint density at radius 3 is 2.52 bits per heavy atom. The number of hydrogen-bond donors (Lipinski definition) is 1. The molecule has 0 radical (unpaired) electrons. The monoisotopic (exact) mass is 313 g/mol. The van der Waals surface area contributed by atoms with Gasteiger partial charge in [0.1, 0.15) is 17.4 Å². The van der Waals surface area contributed by atoms with Crippen LogP contribution in [0, 0.1) is 11.3 Å². The Bertz CT molecular complexity index is 596. The molecule has 0 aromatic heterocycles. The van der Waals surface area contributed by atoms with E-state index in [0.29, 0.717) is 0 Å². The van der Waals surface area contributed by atoms with E-state index in [-0.39, 0.29) is 17.5 Å². The average molecular weight is 313 g/mol. The summed E-state index contributed by atoms with van der Waals surface area (Å²) in [7, 11) is 3.40. The molecule has 0 atom stereocenters. The fourth-order valence-electron chi connectivity index (χ4n) is 2.81. The first kappa shape index (κ1) is 16.9. The van der Waals surface area contributed by atoms with Crippen LogP contribution in [0.1, 0.15) is 32.1 Å². The molecule has 0 saturated heterocycles. The van der Waals surface area contributed by atoms with Crippen molar-refractivity contribution >= 4 is 11.6 Å². The average Bonchev–Trinajstić information content (AvgIpc) is 2.62. The van der Waals surface area contributed by atoms with Gasteiger partial charge in [0.05, 0.1) is 7.11 Å². The number of methoxy groups -OCH3 is 1. The van der Waals surface area contributed by atoms with Gasteiger partial charge in [0.2, 0.25) is 0 Å². The van der Waals surface area contributed by atoms with Crippen molar-refractivity contribution in [1.29, 1.82) is 5.26 Å². The second-order valence-corrected chi connectivity index (χ2v) is 5.75. The predicted octanol–water partition coefficient (Wildman–Crippen LogP) is 3.31. The largest absolute Gasteiger partial charge is 0.497 e. The Labute approximate surface area is 137 Å². The number of hydrogen-bond acceptors (Lipinski definition) is 4. The Kier molecular flexibility index (Phi) is 6.04. The molecule has 122 valence electrons. The van der Waals surface area contributed by atoms with Crippen molar-refractivity contribution < 1.29 is 9.53 Å². The van der Waals surface area contributed by atoms with E-state index in [1.165, 1.54) is 12.6 Å². The van der Waals surface area contributed by atoms with E-state index >= 15 is 0 Å². The van der Waals surface area contributed by atoms with Crippen LogP contribution in [0.2, 0.25) is 0 Å². The summed E-state index contributed by atoms with van der Waals surface area (Å²) in [5, 5.41) is 12.3. The van der Waals surface area contributed by atoms with Crippen LogP contribution in [-0.4, -0.2) is 31.0 Å². The van der Waals surface area contributed by atoms with E-state index in [1.807, 2.05) is 30.3 Å². The van der Waals surface area contributed by atoms with Gasteiger partial charge in [-0.2, -0.15) is 5.26 Å². The highest BCUT2D eigenvalue weighted by Crippen LogP contribution is 2.22. The molecular formula is C18H23N3O2. The van der Waals surface area contributed by atoms with Gasteiger partial charge in [0, 0.05) is 25.0 Å². The lowest BCUT2D eigenvalue weighted by Crippen LogP contribution is -2.39. The quantitative estimate of drug-likeness (QED) is 0.669. The summed E-state index contributed by atoms with van der Waals surface area (Å²) in [5.74, 6) is 0.536. The molecule has 23 heavy (non-hydrogen) atoms. The predicted molar refractivity (Wildman–Crippen MR) is 90.0 cm³/mol. The second-order valence-electron chi connectivity index (χ2n) is 5.75. The number of carbonyl (C=O) groups is 1. The van der Waals surface area contributed by atoms with Gasteiger partial charge in [-0.1, -0.05) is 19.3 Å². The zero-order valence-electron chi connectivity index (χ0n) is 13.7. The van der Waals surface area contributed by atoms with E-state index in [9.17, 15) is 10.1 Å². The van der Waals surface area contributed by atoms with Gasteiger partial charge >= 0.3 is 0 Å². The number of benzene rings is 1. The van der Waals surface area contributed by atoms with Gasteiger partial charge in [0.15, 0.2) is 0 Å². The SMILES string of the molecule is COc1ccc(N/C=C(/C#N)C(=O)N(C)C2CCCCC2)cc1. The van der Waals surface area contributed by atoms with Crippen LogP contribution in [0.5, 0.6) is 5.75 Å². The minimum absolute atomic E-state index is 0.119. The van der Waals surface area contributed by atoms with Gasteiger partial charge in [0.25, 0.3) is 5.91 Å². The number of rotatable bonds is 5. The lowest BCUT2D eigenvalue weighted by Gasteiger charge is -2.31. The first-order chi connectivity index (χ1) is 11.2. The molecule has 1 N–H and O–H groups in total. The molecule has 1 aromatic rings. The Morgan fingerprint density at radius 1 is 1.30 bits per heavy atom. The lowest BCUT2D eigenvalue weighted by atomic mass is 9.94. The summed E-state index contributed by atoms with van der Waals surface area (Å²) in [6.07, 6.45) is 7.05. The van der Waals surface area contributed by atoms with E-state index in [1.54, 1.807) is 19.1 Å². The summed E-state index contributed by atoms with van der Waals surface area (Å²) in [6, 6.07) is 9.54. The van der Waals surface area contributed by atoms with Crippen LogP contribution < -0.4 is 10.1 Å². The van der Waals surface area contributed by atoms with E-state index in [4.69, 9.17) is 4.74 Å². The number of nitrogens with zero attached hydrogens (tertiary/aromatic N) is 2. The van der Waals surface area contributed by atoms with Gasteiger partial charge in [-0.25, -0.2) is 0 Å². The smallest absolute Gasteiger partial charge is 0.266 e. The zero-order valence-corrected chi connectivity index (χ0v) is 13.7. The number of likely N-dealkylation sites (N-methyl/N-ethyl adjacent to an activating group) is 1.